The van der Waals surface area contributed by atoms with E-state index in [0.717, 1.165) is 0 Å². The van der Waals surface area contributed by atoms with Crippen LogP contribution in [-0.2, 0) is 16.1 Å². The number of alkyl halides is 3. The quantitative estimate of drug-likeness (QED) is 0.384. The lowest BCUT2D eigenvalue weighted by Crippen LogP contribution is -2.43. The molecule has 2 unspecified atom stereocenters. The van der Waals surface area contributed by atoms with Crippen molar-refractivity contribution in [2.24, 2.45) is 0 Å². The van der Waals surface area contributed by atoms with E-state index in [1.165, 1.54) is 16.8 Å². The predicted octanol–water partition coefficient (Wildman–Crippen LogP) is 1.00. The second-order valence-corrected chi connectivity index (χ2v) is 7.57. The highest BCUT2D eigenvalue weighted by Crippen LogP contribution is 2.20. The third kappa shape index (κ3) is 5.93. The summed E-state index contributed by atoms with van der Waals surface area (Å²) in [4.78, 5) is 10.1. The van der Waals surface area contributed by atoms with Crippen molar-refractivity contribution < 1.29 is 23.1 Å². The van der Waals surface area contributed by atoms with E-state index in [2.05, 4.69) is 20.4 Å². The molecule has 0 fully saturated rings. The minimum Gasteiger partial charge on any atom is -0.760 e. The Labute approximate surface area is 172 Å². The Morgan fingerprint density at radius 2 is 2.04 bits per heavy atom. The van der Waals surface area contributed by atoms with E-state index in [-0.39, 0.29) is 0 Å². The summed E-state index contributed by atoms with van der Waals surface area (Å²) in [6, 6.07) is 4.49. The molecule has 0 aliphatic heterocycles. The molecule has 1 aromatic heterocycles. The summed E-state index contributed by atoms with van der Waals surface area (Å²) in [5.41, 5.74) is 1.34. The summed E-state index contributed by atoms with van der Waals surface area (Å²) in [6.45, 7) is 0.592. The molecule has 28 heavy (non-hydrogen) atoms. The minimum absolute atomic E-state index is 0.351. The minimum atomic E-state index is -2.43. The van der Waals surface area contributed by atoms with Crippen molar-refractivity contribution in [1.29, 1.82) is 0 Å². The fourth-order valence-corrected chi connectivity index (χ4v) is 2.85. The summed E-state index contributed by atoms with van der Waals surface area (Å²) >= 11 is 8.40. The zero-order chi connectivity index (χ0) is 20.8. The number of aliphatic hydroxyl groups excluding tert-OH is 1. The summed E-state index contributed by atoms with van der Waals surface area (Å²) in [7, 11) is 0. The standard InChI is InChI=1S/C15H18Cl2FN5O4S/c1-8(21-28(26)27)12-7-23(22-20-12)10-4-2-9(3-5-10)13(24)11(6-18)19-15(25)14(16)17/h2-5,7-8,11,13-14,21,24H,6H2,1H3,(H,19,25)(H,26,27)/p-1/t8?,11-,13-/m1/s1. The van der Waals surface area contributed by atoms with Gasteiger partial charge in [-0.3, -0.25) is 9.00 Å². The average Bonchev–Trinajstić information content (AvgIpc) is 3.15. The monoisotopic (exact) mass is 452 g/mol. The summed E-state index contributed by atoms with van der Waals surface area (Å²) < 4.78 is 38.3. The van der Waals surface area contributed by atoms with Crippen LogP contribution < -0.4 is 10.0 Å². The first-order valence-corrected chi connectivity index (χ1v) is 9.88. The van der Waals surface area contributed by atoms with Gasteiger partial charge >= 0.3 is 0 Å². The van der Waals surface area contributed by atoms with Crippen LogP contribution in [0.1, 0.15) is 30.3 Å². The summed E-state index contributed by atoms with van der Waals surface area (Å²) in [5, 5.41) is 20.3. The van der Waals surface area contributed by atoms with Crippen molar-refractivity contribution in [2.75, 3.05) is 6.67 Å². The van der Waals surface area contributed by atoms with Crippen molar-refractivity contribution in [2.45, 2.75) is 29.9 Å². The number of aromatic nitrogens is 3. The summed E-state index contributed by atoms with van der Waals surface area (Å²) in [5.74, 6) is -0.807. The van der Waals surface area contributed by atoms with E-state index in [0.29, 0.717) is 16.9 Å². The van der Waals surface area contributed by atoms with E-state index in [4.69, 9.17) is 23.2 Å². The molecule has 0 bridgehead atoms. The molecule has 1 heterocycles. The maximum absolute atomic E-state index is 13.2. The van der Waals surface area contributed by atoms with E-state index < -0.39 is 46.9 Å². The normalized spacial score (nSPS) is 15.8. The SMILES string of the molecule is CC(NS(=O)[O-])c1cn(-c2ccc([C@@H](O)[C@@H](CF)NC(=O)C(Cl)Cl)cc2)nn1. The van der Waals surface area contributed by atoms with Gasteiger partial charge in [0.25, 0.3) is 5.91 Å². The predicted molar refractivity (Wildman–Crippen MR) is 100 cm³/mol. The number of benzene rings is 1. The molecule has 0 saturated heterocycles. The number of hydrogen-bond donors (Lipinski definition) is 3. The van der Waals surface area contributed by atoms with Gasteiger partial charge in [0, 0.05) is 11.3 Å². The van der Waals surface area contributed by atoms with Gasteiger partial charge in [0.2, 0.25) is 0 Å². The third-order valence-electron chi connectivity index (χ3n) is 3.80. The highest BCUT2D eigenvalue weighted by molar-refractivity contribution is 7.77. The van der Waals surface area contributed by atoms with Gasteiger partial charge in [-0.1, -0.05) is 40.5 Å². The van der Waals surface area contributed by atoms with Gasteiger partial charge in [0.05, 0.1) is 24.0 Å². The second-order valence-electron chi connectivity index (χ2n) is 5.77. The molecule has 1 amide bonds. The van der Waals surface area contributed by atoms with Crippen molar-refractivity contribution in [3.63, 3.8) is 0 Å². The Bertz CT molecular complexity index is 823. The van der Waals surface area contributed by atoms with Crippen LogP contribution >= 0.6 is 23.2 Å². The van der Waals surface area contributed by atoms with Crippen LogP contribution in [0.3, 0.4) is 0 Å². The number of nitrogens with zero attached hydrogens (tertiary/aromatic N) is 3. The molecular formula is C15H17Cl2FN5O4S-. The number of amides is 1. The van der Waals surface area contributed by atoms with Gasteiger partial charge in [-0.05, 0) is 24.6 Å². The smallest absolute Gasteiger partial charge is 0.253 e. The number of nitrogens with one attached hydrogen (secondary N) is 2. The van der Waals surface area contributed by atoms with E-state index >= 15 is 0 Å². The van der Waals surface area contributed by atoms with Crippen LogP contribution in [0, 0.1) is 0 Å². The first kappa shape index (κ1) is 22.7. The molecular weight excluding hydrogens is 436 g/mol. The molecule has 2 aromatic rings. The lowest BCUT2D eigenvalue weighted by Gasteiger charge is -2.22. The van der Waals surface area contributed by atoms with Gasteiger partial charge in [-0.25, -0.2) is 13.8 Å². The molecule has 0 aliphatic rings. The van der Waals surface area contributed by atoms with E-state index in [9.17, 15) is 23.1 Å². The average molecular weight is 453 g/mol. The van der Waals surface area contributed by atoms with Crippen LogP contribution in [0.25, 0.3) is 5.69 Å². The largest absolute Gasteiger partial charge is 0.760 e. The maximum atomic E-state index is 13.2. The molecule has 4 atom stereocenters. The molecule has 3 N–H and O–H groups in total. The van der Waals surface area contributed by atoms with Gasteiger partial charge in [0.1, 0.15) is 18.5 Å². The molecule has 154 valence electrons. The molecule has 0 spiro atoms. The van der Waals surface area contributed by atoms with Gasteiger partial charge in [0.15, 0.2) is 4.84 Å². The second kappa shape index (κ2) is 10.2. The number of carbonyl (C=O) groups is 1. The van der Waals surface area contributed by atoms with E-state index in [1.54, 1.807) is 25.3 Å². The van der Waals surface area contributed by atoms with Crippen molar-refractivity contribution in [1.82, 2.24) is 25.0 Å². The fourth-order valence-electron chi connectivity index (χ4n) is 2.31. The Morgan fingerprint density at radius 3 is 2.57 bits per heavy atom. The highest BCUT2D eigenvalue weighted by Gasteiger charge is 2.25. The van der Waals surface area contributed by atoms with Crippen molar-refractivity contribution in [3.05, 3.63) is 41.7 Å². The Hall–Kier alpha value is -1.63. The van der Waals surface area contributed by atoms with Crippen molar-refractivity contribution in [3.8, 4) is 5.69 Å². The molecule has 0 saturated carbocycles. The van der Waals surface area contributed by atoms with Crippen LogP contribution in [0.15, 0.2) is 30.5 Å². The number of rotatable bonds is 9. The molecule has 13 heteroatoms. The molecule has 0 radical (unpaired) electrons. The Balaban J connectivity index is 2.11. The number of carbonyl (C=O) groups excluding carboxylic acids is 1. The molecule has 1 aromatic carbocycles. The molecule has 9 nitrogen and oxygen atoms in total. The molecule has 0 aliphatic carbocycles. The first-order chi connectivity index (χ1) is 13.2. The summed E-state index contributed by atoms with van der Waals surface area (Å²) in [6.07, 6.45) is 0.222. The van der Waals surface area contributed by atoms with Gasteiger partial charge in [-0.2, -0.15) is 0 Å². The van der Waals surface area contributed by atoms with Gasteiger partial charge in [-0.15, -0.1) is 5.10 Å². The highest BCUT2D eigenvalue weighted by atomic mass is 35.5. The van der Waals surface area contributed by atoms with Crippen molar-refractivity contribution >= 4 is 40.4 Å². The van der Waals surface area contributed by atoms with Crippen LogP contribution in [0.2, 0.25) is 0 Å². The maximum Gasteiger partial charge on any atom is 0.253 e. The molecule has 2 rings (SSSR count). The fraction of sp³-hybridized carbons (Fsp3) is 0.400. The number of halogens is 3. The van der Waals surface area contributed by atoms with E-state index in [1.807, 2.05) is 0 Å². The zero-order valence-electron chi connectivity index (χ0n) is 14.5. The van der Waals surface area contributed by atoms with Gasteiger partial charge < -0.3 is 15.0 Å². The number of hydrogen-bond acceptors (Lipinski definition) is 6. The lowest BCUT2D eigenvalue weighted by molar-refractivity contribution is -0.121. The zero-order valence-corrected chi connectivity index (χ0v) is 16.8. The van der Waals surface area contributed by atoms with Crippen LogP contribution in [0.5, 0.6) is 0 Å². The Morgan fingerprint density at radius 1 is 1.39 bits per heavy atom. The lowest BCUT2D eigenvalue weighted by atomic mass is 10.0. The topological polar surface area (TPSA) is 132 Å². The van der Waals surface area contributed by atoms with Crippen LogP contribution in [0.4, 0.5) is 4.39 Å². The first-order valence-electron chi connectivity index (χ1n) is 7.93. The Kier molecular flexibility index (Phi) is 8.28. The number of aliphatic hydroxyl groups is 1. The third-order valence-corrected chi connectivity index (χ3v) is 4.74. The van der Waals surface area contributed by atoms with Crippen LogP contribution in [-0.4, -0.2) is 52.3 Å².